The van der Waals surface area contributed by atoms with E-state index in [0.717, 1.165) is 17.0 Å². The van der Waals surface area contributed by atoms with Gasteiger partial charge in [0.1, 0.15) is 0 Å². The van der Waals surface area contributed by atoms with Gasteiger partial charge in [-0.2, -0.15) is 5.10 Å². The summed E-state index contributed by atoms with van der Waals surface area (Å²) in [7, 11) is 3.33. The van der Waals surface area contributed by atoms with E-state index < -0.39 is 0 Å². The molecule has 0 aliphatic rings. The average molecular weight is 411 g/mol. The van der Waals surface area contributed by atoms with E-state index in [4.69, 9.17) is 4.74 Å². The lowest BCUT2D eigenvalue weighted by Gasteiger charge is -2.05. The first-order chi connectivity index (χ1) is 14.0. The molecule has 2 N–H and O–H groups in total. The Labute approximate surface area is 172 Å². The Morgan fingerprint density at radius 2 is 2.10 bits per heavy atom. The van der Waals surface area contributed by atoms with Crippen LogP contribution < -0.4 is 10.2 Å². The third-order valence-electron chi connectivity index (χ3n) is 4.09. The SMILES string of the molecule is COc1cccc(C=NNC(=O)CSc2nnc(-c3cccc(C)c3)n2C)c1O. The van der Waals surface area contributed by atoms with E-state index in [0.29, 0.717) is 16.5 Å². The number of amides is 1. The van der Waals surface area contributed by atoms with Crippen LogP contribution in [0.5, 0.6) is 11.5 Å². The van der Waals surface area contributed by atoms with Crippen LogP contribution in [-0.2, 0) is 11.8 Å². The van der Waals surface area contributed by atoms with Gasteiger partial charge in [0.15, 0.2) is 22.5 Å². The van der Waals surface area contributed by atoms with Crippen molar-refractivity contribution in [3.05, 3.63) is 53.6 Å². The van der Waals surface area contributed by atoms with Gasteiger partial charge >= 0.3 is 0 Å². The quantitative estimate of drug-likeness (QED) is 0.352. The lowest BCUT2D eigenvalue weighted by atomic mass is 10.1. The Balaban J connectivity index is 1.58. The number of nitrogens with zero attached hydrogens (tertiary/aromatic N) is 4. The number of nitrogens with one attached hydrogen (secondary N) is 1. The van der Waals surface area contributed by atoms with Gasteiger partial charge in [-0.15, -0.1) is 10.2 Å². The molecule has 3 aromatic rings. The van der Waals surface area contributed by atoms with Crippen LogP contribution in [0.25, 0.3) is 11.4 Å². The van der Waals surface area contributed by atoms with Crippen LogP contribution in [0.3, 0.4) is 0 Å². The molecule has 1 amide bonds. The van der Waals surface area contributed by atoms with E-state index in [9.17, 15) is 9.90 Å². The maximum absolute atomic E-state index is 12.1. The molecule has 0 aliphatic heterocycles. The van der Waals surface area contributed by atoms with Gasteiger partial charge in [0.25, 0.3) is 5.91 Å². The number of phenols is 1. The molecule has 0 saturated carbocycles. The summed E-state index contributed by atoms with van der Waals surface area (Å²) >= 11 is 1.26. The Bertz CT molecular complexity index is 1050. The van der Waals surface area contributed by atoms with Crippen molar-refractivity contribution >= 4 is 23.9 Å². The molecule has 0 bridgehead atoms. The topological polar surface area (TPSA) is 102 Å². The molecule has 0 aliphatic carbocycles. The second-order valence-corrected chi connectivity index (χ2v) is 7.16. The van der Waals surface area contributed by atoms with Gasteiger partial charge in [-0.25, -0.2) is 5.43 Å². The maximum atomic E-state index is 12.1. The third kappa shape index (κ3) is 4.94. The molecule has 1 aromatic heterocycles. The van der Waals surface area contributed by atoms with Crippen molar-refractivity contribution in [1.29, 1.82) is 0 Å². The molecule has 0 saturated heterocycles. The number of hydrogen-bond acceptors (Lipinski definition) is 7. The number of aryl methyl sites for hydroxylation is 1. The minimum atomic E-state index is -0.297. The number of aromatic hydroxyl groups is 1. The molecule has 0 spiro atoms. The molecular formula is C20H21N5O3S. The minimum absolute atomic E-state index is 0.0369. The predicted molar refractivity (Wildman–Crippen MR) is 112 cm³/mol. The van der Waals surface area contributed by atoms with Crippen LogP contribution in [0.1, 0.15) is 11.1 Å². The summed E-state index contributed by atoms with van der Waals surface area (Å²) in [4.78, 5) is 12.1. The lowest BCUT2D eigenvalue weighted by molar-refractivity contribution is -0.118. The number of carbonyl (C=O) groups is 1. The Hall–Kier alpha value is -3.33. The number of hydrazone groups is 1. The molecule has 2 aromatic carbocycles. The second kappa shape index (κ2) is 9.24. The van der Waals surface area contributed by atoms with Crippen LogP contribution >= 0.6 is 11.8 Å². The van der Waals surface area contributed by atoms with Crippen molar-refractivity contribution in [1.82, 2.24) is 20.2 Å². The lowest BCUT2D eigenvalue weighted by Crippen LogP contribution is -2.19. The smallest absolute Gasteiger partial charge is 0.250 e. The number of para-hydroxylation sites is 1. The first-order valence-electron chi connectivity index (χ1n) is 8.76. The number of thioether (sulfide) groups is 1. The van der Waals surface area contributed by atoms with Crippen LogP contribution in [0.4, 0.5) is 0 Å². The first-order valence-corrected chi connectivity index (χ1v) is 9.75. The van der Waals surface area contributed by atoms with Crippen LogP contribution in [-0.4, -0.2) is 44.9 Å². The van der Waals surface area contributed by atoms with E-state index in [2.05, 4.69) is 20.7 Å². The molecule has 1 heterocycles. The van der Waals surface area contributed by atoms with Crippen LogP contribution in [0, 0.1) is 6.92 Å². The van der Waals surface area contributed by atoms with Crippen molar-refractivity contribution in [3.8, 4) is 22.9 Å². The van der Waals surface area contributed by atoms with Gasteiger partial charge < -0.3 is 14.4 Å². The van der Waals surface area contributed by atoms with Crippen molar-refractivity contribution < 1.29 is 14.6 Å². The molecule has 3 rings (SSSR count). The average Bonchev–Trinajstić information content (AvgIpc) is 3.08. The second-order valence-electron chi connectivity index (χ2n) is 6.21. The zero-order valence-corrected chi connectivity index (χ0v) is 17.1. The summed E-state index contributed by atoms with van der Waals surface area (Å²) in [6.07, 6.45) is 1.36. The molecule has 150 valence electrons. The van der Waals surface area contributed by atoms with E-state index in [-0.39, 0.29) is 17.4 Å². The highest BCUT2D eigenvalue weighted by Gasteiger charge is 2.13. The van der Waals surface area contributed by atoms with Gasteiger partial charge in [0, 0.05) is 18.2 Å². The monoisotopic (exact) mass is 411 g/mol. The Morgan fingerprint density at radius 1 is 1.31 bits per heavy atom. The standard InChI is InChI=1S/C20H21N5O3S/c1-13-6-4-7-14(10-13)19-23-24-20(25(19)2)29-12-17(26)22-21-11-15-8-5-9-16(28-3)18(15)27/h4-11,27H,12H2,1-3H3,(H,22,26). The van der Waals surface area contributed by atoms with Crippen molar-refractivity contribution in [2.24, 2.45) is 12.1 Å². The molecular weight excluding hydrogens is 390 g/mol. The van der Waals surface area contributed by atoms with Crippen molar-refractivity contribution in [2.75, 3.05) is 12.9 Å². The fourth-order valence-corrected chi connectivity index (χ4v) is 3.32. The summed E-state index contributed by atoms with van der Waals surface area (Å²) in [5, 5.41) is 22.9. The van der Waals surface area contributed by atoms with Crippen molar-refractivity contribution in [3.63, 3.8) is 0 Å². The minimum Gasteiger partial charge on any atom is -0.504 e. The van der Waals surface area contributed by atoms with E-state index >= 15 is 0 Å². The number of carbonyl (C=O) groups excluding carboxylic acids is 1. The molecule has 29 heavy (non-hydrogen) atoms. The summed E-state index contributed by atoms with van der Waals surface area (Å²) in [6.45, 7) is 2.02. The number of methoxy groups -OCH3 is 1. The normalized spacial score (nSPS) is 11.0. The fraction of sp³-hybridized carbons (Fsp3) is 0.200. The number of benzene rings is 2. The predicted octanol–water partition coefficient (Wildman–Crippen LogP) is 2.75. The zero-order valence-electron chi connectivity index (χ0n) is 16.3. The van der Waals surface area contributed by atoms with Gasteiger partial charge in [-0.3, -0.25) is 4.79 Å². The van der Waals surface area contributed by atoms with E-state index in [1.54, 1.807) is 18.2 Å². The van der Waals surface area contributed by atoms with Gasteiger partial charge in [0.05, 0.1) is 19.1 Å². The summed E-state index contributed by atoms with van der Waals surface area (Å²) < 4.78 is 6.89. The Morgan fingerprint density at radius 3 is 2.86 bits per heavy atom. The highest BCUT2D eigenvalue weighted by molar-refractivity contribution is 7.99. The van der Waals surface area contributed by atoms with E-state index in [1.807, 2.05) is 42.8 Å². The molecule has 9 heteroatoms. The molecule has 0 unspecified atom stereocenters. The fourth-order valence-electron chi connectivity index (χ4n) is 2.62. The molecule has 0 atom stereocenters. The number of rotatable bonds is 7. The van der Waals surface area contributed by atoms with E-state index in [1.165, 1.54) is 25.1 Å². The summed E-state index contributed by atoms with van der Waals surface area (Å²) in [6, 6.07) is 13.0. The van der Waals surface area contributed by atoms with Crippen LogP contribution in [0.15, 0.2) is 52.7 Å². The maximum Gasteiger partial charge on any atom is 0.250 e. The molecule has 0 fully saturated rings. The van der Waals surface area contributed by atoms with Gasteiger partial charge in [-0.05, 0) is 25.1 Å². The molecule has 8 nitrogen and oxygen atoms in total. The van der Waals surface area contributed by atoms with Crippen LogP contribution in [0.2, 0.25) is 0 Å². The Kier molecular flexibility index (Phi) is 6.50. The summed E-state index contributed by atoms with van der Waals surface area (Å²) in [5.41, 5.74) is 4.98. The number of ether oxygens (including phenoxy) is 1. The highest BCUT2D eigenvalue weighted by atomic mass is 32.2. The largest absolute Gasteiger partial charge is 0.504 e. The molecule has 0 radical (unpaired) electrons. The number of hydrogen-bond donors (Lipinski definition) is 2. The number of phenolic OH excluding ortho intramolecular Hbond substituents is 1. The highest BCUT2D eigenvalue weighted by Crippen LogP contribution is 2.28. The van der Waals surface area contributed by atoms with Gasteiger partial charge in [0.2, 0.25) is 0 Å². The number of aromatic nitrogens is 3. The van der Waals surface area contributed by atoms with Gasteiger partial charge in [-0.1, -0.05) is 41.6 Å². The zero-order chi connectivity index (χ0) is 20.8. The first kappa shape index (κ1) is 20.4. The summed E-state index contributed by atoms with van der Waals surface area (Å²) in [5.74, 6) is 0.867. The van der Waals surface area contributed by atoms with Crippen molar-refractivity contribution in [2.45, 2.75) is 12.1 Å². The third-order valence-corrected chi connectivity index (χ3v) is 5.11.